The zero-order valence-corrected chi connectivity index (χ0v) is 20.2. The molecular formula is C24H31FN8O. The van der Waals surface area contributed by atoms with Gasteiger partial charge in [0, 0.05) is 50.1 Å². The maximum Gasteiger partial charge on any atom is 0.222 e. The number of alkyl halides is 1. The first-order valence-corrected chi connectivity index (χ1v) is 11.9. The van der Waals surface area contributed by atoms with Gasteiger partial charge in [0.15, 0.2) is 23.1 Å². The van der Waals surface area contributed by atoms with Crippen molar-refractivity contribution in [1.82, 2.24) is 29.6 Å². The van der Waals surface area contributed by atoms with Crippen molar-refractivity contribution in [3.63, 3.8) is 0 Å². The first-order valence-electron chi connectivity index (χ1n) is 11.9. The van der Waals surface area contributed by atoms with E-state index in [0.717, 1.165) is 49.3 Å². The van der Waals surface area contributed by atoms with Crippen LogP contribution in [0.4, 0.5) is 16.0 Å². The highest BCUT2D eigenvalue weighted by molar-refractivity contribution is 5.95. The molecule has 10 heteroatoms. The Morgan fingerprint density at radius 3 is 2.65 bits per heavy atom. The third kappa shape index (κ3) is 4.34. The third-order valence-electron chi connectivity index (χ3n) is 6.56. The van der Waals surface area contributed by atoms with Gasteiger partial charge in [-0.1, -0.05) is 0 Å². The van der Waals surface area contributed by atoms with Gasteiger partial charge in [-0.3, -0.25) is 9.69 Å². The quantitative estimate of drug-likeness (QED) is 0.616. The summed E-state index contributed by atoms with van der Waals surface area (Å²) < 4.78 is 16.4. The second kappa shape index (κ2) is 8.57. The normalized spacial score (nSPS) is 19.3. The molecule has 2 aliphatic rings. The Morgan fingerprint density at radius 1 is 1.18 bits per heavy atom. The molecule has 5 rings (SSSR count). The van der Waals surface area contributed by atoms with Gasteiger partial charge in [0.2, 0.25) is 5.91 Å². The molecule has 0 saturated carbocycles. The number of amides is 1. The molecule has 0 aliphatic carbocycles. The van der Waals surface area contributed by atoms with Crippen molar-refractivity contribution in [1.29, 1.82) is 0 Å². The Hall–Kier alpha value is -3.14. The molecule has 0 spiro atoms. The van der Waals surface area contributed by atoms with E-state index >= 15 is 0 Å². The number of anilines is 2. The van der Waals surface area contributed by atoms with Crippen LogP contribution in [0, 0.1) is 6.92 Å². The minimum absolute atomic E-state index is 0.110. The van der Waals surface area contributed by atoms with Gasteiger partial charge in [0.1, 0.15) is 5.82 Å². The zero-order chi connectivity index (χ0) is 24.0. The molecule has 0 bridgehead atoms. The predicted octanol–water partition coefficient (Wildman–Crippen LogP) is 3.36. The lowest BCUT2D eigenvalue weighted by atomic mass is 10.1. The number of aromatic nitrogens is 5. The fraction of sp³-hybridized carbons (Fsp3) is 0.542. The lowest BCUT2D eigenvalue weighted by molar-refractivity contribution is -0.114. The molecule has 1 N–H and O–H groups in total. The first-order chi connectivity index (χ1) is 16.2. The molecule has 2 fully saturated rings. The topological polar surface area (TPSA) is 92.1 Å². The summed E-state index contributed by atoms with van der Waals surface area (Å²) >= 11 is 0. The lowest BCUT2D eigenvalue weighted by Gasteiger charge is -2.23. The number of hydrogen-bond donors (Lipinski definition) is 1. The number of carbonyl (C=O) groups is 1. The molecule has 0 radical (unpaired) electrons. The summed E-state index contributed by atoms with van der Waals surface area (Å²) in [5, 5.41) is 8.56. The summed E-state index contributed by atoms with van der Waals surface area (Å²) in [6.45, 7) is 10.3. The zero-order valence-electron chi connectivity index (χ0n) is 20.2. The Morgan fingerprint density at radius 2 is 1.94 bits per heavy atom. The Kier molecular flexibility index (Phi) is 5.71. The summed E-state index contributed by atoms with van der Waals surface area (Å²) in [5.41, 5.74) is -0.283. The molecule has 1 amide bonds. The molecule has 180 valence electrons. The van der Waals surface area contributed by atoms with Crippen molar-refractivity contribution >= 4 is 28.4 Å². The number of nitrogens with one attached hydrogen (secondary N) is 1. The van der Waals surface area contributed by atoms with Crippen LogP contribution in [0.5, 0.6) is 0 Å². The second-order valence-corrected chi connectivity index (χ2v) is 9.80. The monoisotopic (exact) mass is 466 g/mol. The van der Waals surface area contributed by atoms with Crippen molar-refractivity contribution in [2.45, 2.75) is 58.7 Å². The van der Waals surface area contributed by atoms with Crippen molar-refractivity contribution < 1.29 is 9.18 Å². The first kappa shape index (κ1) is 22.6. The molecule has 3 aromatic heterocycles. The average Bonchev–Trinajstić information content (AvgIpc) is 3.51. The van der Waals surface area contributed by atoms with Gasteiger partial charge < -0.3 is 10.2 Å². The predicted molar refractivity (Wildman–Crippen MR) is 129 cm³/mol. The highest BCUT2D eigenvalue weighted by Crippen LogP contribution is 2.33. The van der Waals surface area contributed by atoms with Crippen LogP contribution < -0.4 is 10.2 Å². The third-order valence-corrected chi connectivity index (χ3v) is 6.56. The number of nitrogens with zero attached hydrogens (tertiary/aromatic N) is 7. The van der Waals surface area contributed by atoms with Gasteiger partial charge >= 0.3 is 0 Å². The van der Waals surface area contributed by atoms with E-state index in [1.54, 1.807) is 23.0 Å². The highest BCUT2D eigenvalue weighted by atomic mass is 19.1. The molecule has 1 atom stereocenters. The van der Waals surface area contributed by atoms with E-state index in [9.17, 15) is 9.18 Å². The Bertz CT molecular complexity index is 1230. The number of halogens is 1. The van der Waals surface area contributed by atoms with Gasteiger partial charge in [0.25, 0.3) is 0 Å². The molecule has 9 nitrogen and oxygen atoms in total. The van der Waals surface area contributed by atoms with Crippen LogP contribution in [0.15, 0.2) is 18.3 Å². The minimum atomic E-state index is -1.69. The van der Waals surface area contributed by atoms with Gasteiger partial charge in [-0.05, 0) is 53.1 Å². The lowest BCUT2D eigenvalue weighted by Crippen LogP contribution is -2.35. The average molecular weight is 467 g/mol. The Labute approximate surface area is 198 Å². The van der Waals surface area contributed by atoms with E-state index in [4.69, 9.17) is 5.10 Å². The van der Waals surface area contributed by atoms with Crippen molar-refractivity contribution in [2.24, 2.45) is 0 Å². The van der Waals surface area contributed by atoms with E-state index < -0.39 is 5.67 Å². The highest BCUT2D eigenvalue weighted by Gasteiger charge is 2.32. The van der Waals surface area contributed by atoms with Crippen LogP contribution in [-0.2, 0) is 10.5 Å². The van der Waals surface area contributed by atoms with E-state index in [1.807, 2.05) is 6.92 Å². The minimum Gasteiger partial charge on any atom is -0.353 e. The molecule has 0 unspecified atom stereocenters. The van der Waals surface area contributed by atoms with Crippen LogP contribution in [0.2, 0.25) is 0 Å². The maximum atomic E-state index is 14.7. The van der Waals surface area contributed by atoms with Gasteiger partial charge in [-0.2, -0.15) is 0 Å². The molecular weight excluding hydrogens is 435 g/mol. The molecule has 5 heterocycles. The molecule has 0 aromatic carbocycles. The van der Waals surface area contributed by atoms with E-state index in [-0.39, 0.29) is 11.7 Å². The number of carbonyl (C=O) groups excluding carboxylic acids is 1. The van der Waals surface area contributed by atoms with Crippen LogP contribution >= 0.6 is 0 Å². The number of pyridine rings is 1. The Balaban J connectivity index is 1.60. The maximum absolute atomic E-state index is 14.7. The van der Waals surface area contributed by atoms with Crippen LogP contribution in [0.1, 0.15) is 51.6 Å². The molecule has 2 saturated heterocycles. The summed E-state index contributed by atoms with van der Waals surface area (Å²) in [6.07, 6.45) is 5.38. The van der Waals surface area contributed by atoms with E-state index in [2.05, 4.69) is 30.1 Å². The van der Waals surface area contributed by atoms with Gasteiger partial charge in [-0.25, -0.2) is 24.0 Å². The smallest absolute Gasteiger partial charge is 0.222 e. The number of likely N-dealkylation sites (tertiary alicyclic amines) is 1. The fourth-order valence-electron chi connectivity index (χ4n) is 4.92. The molecule has 3 aromatic rings. The summed E-state index contributed by atoms with van der Waals surface area (Å²) in [7, 11) is 0. The van der Waals surface area contributed by atoms with Crippen molar-refractivity contribution in [3.05, 3.63) is 29.8 Å². The van der Waals surface area contributed by atoms with Crippen LogP contribution in [0.3, 0.4) is 0 Å². The molecule has 34 heavy (non-hydrogen) atoms. The van der Waals surface area contributed by atoms with Crippen molar-refractivity contribution in [3.8, 4) is 5.82 Å². The number of rotatable bonds is 5. The fourth-order valence-corrected chi connectivity index (χ4v) is 4.92. The van der Waals surface area contributed by atoms with Crippen LogP contribution in [0.25, 0.3) is 16.7 Å². The SMILES string of the molecule is CC(=O)Nc1cc2c(cn1)c(N1CC[C@@H](N3CCCC3)C1)nn2-c1cc(C)nc(C(C)(C)F)n1. The van der Waals surface area contributed by atoms with Crippen molar-refractivity contribution in [2.75, 3.05) is 36.4 Å². The summed E-state index contributed by atoms with van der Waals surface area (Å²) in [6, 6.07) is 4.11. The van der Waals surface area contributed by atoms with E-state index in [0.29, 0.717) is 23.4 Å². The summed E-state index contributed by atoms with van der Waals surface area (Å²) in [4.78, 5) is 29.8. The second-order valence-electron chi connectivity index (χ2n) is 9.80. The van der Waals surface area contributed by atoms with Gasteiger partial charge in [-0.15, -0.1) is 5.10 Å². The number of fused-ring (bicyclic) bond motifs is 1. The number of aryl methyl sites for hydroxylation is 1. The number of hydrogen-bond acceptors (Lipinski definition) is 7. The largest absolute Gasteiger partial charge is 0.353 e. The standard InChI is InChI=1S/C24H31FN8O/c1-15-11-21(29-23(27-15)24(3,4)25)33-19-12-20(28-16(2)34)26-13-18(19)22(30-33)32-10-7-17(14-32)31-8-5-6-9-31/h11-13,17H,5-10,14H2,1-4H3,(H,26,28,34)/t17-/m1/s1. The molecule has 2 aliphatic heterocycles. The summed E-state index contributed by atoms with van der Waals surface area (Å²) in [5.74, 6) is 1.65. The van der Waals surface area contributed by atoms with Gasteiger partial charge in [0.05, 0.1) is 10.9 Å². The van der Waals surface area contributed by atoms with Crippen LogP contribution in [-0.4, -0.2) is 67.8 Å². The van der Waals surface area contributed by atoms with E-state index in [1.165, 1.54) is 33.6 Å².